The van der Waals surface area contributed by atoms with Gasteiger partial charge in [0.15, 0.2) is 0 Å². The van der Waals surface area contributed by atoms with Crippen molar-refractivity contribution in [2.24, 2.45) is 0 Å². The van der Waals surface area contributed by atoms with E-state index in [2.05, 4.69) is 29.6 Å². The number of ether oxygens (including phenoxy) is 1. The number of alkyl carbamates (subject to hydrolysis) is 1. The number of hydrogen-bond donors (Lipinski definition) is 1. The van der Waals surface area contributed by atoms with Gasteiger partial charge in [-0.05, 0) is 40.8 Å². The van der Waals surface area contributed by atoms with Gasteiger partial charge in [0, 0.05) is 12.5 Å². The molecule has 0 saturated heterocycles. The molecule has 1 N–H and O–H groups in total. The third kappa shape index (κ3) is 4.51. The van der Waals surface area contributed by atoms with Crippen molar-refractivity contribution in [2.75, 3.05) is 13.2 Å². The summed E-state index contributed by atoms with van der Waals surface area (Å²) in [5.41, 5.74) is 4.62. The van der Waals surface area contributed by atoms with E-state index in [1.165, 1.54) is 18.2 Å². The van der Waals surface area contributed by atoms with Gasteiger partial charge in [-0.3, -0.25) is 10.1 Å². The van der Waals surface area contributed by atoms with Crippen LogP contribution in [0.5, 0.6) is 0 Å². The Morgan fingerprint density at radius 2 is 1.72 bits per heavy atom. The van der Waals surface area contributed by atoms with Crippen molar-refractivity contribution in [1.29, 1.82) is 0 Å². The van der Waals surface area contributed by atoms with Gasteiger partial charge in [-0.2, -0.15) is 0 Å². The van der Waals surface area contributed by atoms with Crippen LogP contribution in [0.2, 0.25) is 0 Å². The summed E-state index contributed by atoms with van der Waals surface area (Å²) in [4.78, 5) is 22.5. The van der Waals surface area contributed by atoms with Crippen LogP contribution in [0.1, 0.15) is 29.0 Å². The first-order valence-corrected chi connectivity index (χ1v) is 10.2. The standard InChI is InChI=1S/C25H21FN2O4/c26-18-13-12-17(24(15-18)28(30)31)7-5-6-14-27-25(29)32-16-23-21-10-3-1-8-19(21)20-9-2-4-11-22(20)23/h1-5,7-13,15,23H,6,14,16H2,(H,27,29). The molecule has 0 bridgehead atoms. The summed E-state index contributed by atoms with van der Waals surface area (Å²) in [6, 6.07) is 19.6. The Morgan fingerprint density at radius 1 is 1.06 bits per heavy atom. The molecule has 1 aliphatic rings. The second kappa shape index (κ2) is 9.43. The maximum atomic E-state index is 13.2. The zero-order valence-corrected chi connectivity index (χ0v) is 17.2. The second-order valence-electron chi connectivity index (χ2n) is 7.40. The van der Waals surface area contributed by atoms with E-state index >= 15 is 0 Å². The Hall–Kier alpha value is -4.00. The number of nitrogens with zero attached hydrogens (tertiary/aromatic N) is 1. The molecule has 0 atom stereocenters. The maximum absolute atomic E-state index is 13.2. The third-order valence-corrected chi connectivity index (χ3v) is 5.41. The van der Waals surface area contributed by atoms with Crippen molar-refractivity contribution in [3.63, 3.8) is 0 Å². The predicted octanol–water partition coefficient (Wildman–Crippen LogP) is 5.68. The molecule has 0 fully saturated rings. The highest BCUT2D eigenvalue weighted by Crippen LogP contribution is 2.44. The topological polar surface area (TPSA) is 81.5 Å². The number of carbonyl (C=O) groups is 1. The molecule has 0 aliphatic heterocycles. The van der Waals surface area contributed by atoms with E-state index in [0.29, 0.717) is 18.5 Å². The largest absolute Gasteiger partial charge is 0.449 e. The van der Waals surface area contributed by atoms with Crippen LogP contribution in [0.15, 0.2) is 72.8 Å². The lowest BCUT2D eigenvalue weighted by Gasteiger charge is -2.14. The van der Waals surface area contributed by atoms with Gasteiger partial charge in [-0.1, -0.05) is 60.7 Å². The molecule has 3 aromatic carbocycles. The van der Waals surface area contributed by atoms with Crippen molar-refractivity contribution in [3.8, 4) is 11.1 Å². The molecule has 0 saturated carbocycles. The number of nitro benzene ring substituents is 1. The highest BCUT2D eigenvalue weighted by molar-refractivity contribution is 5.79. The number of fused-ring (bicyclic) bond motifs is 3. The number of hydrogen-bond acceptors (Lipinski definition) is 4. The summed E-state index contributed by atoms with van der Waals surface area (Å²) in [5.74, 6) is -0.669. The van der Waals surface area contributed by atoms with Crippen molar-refractivity contribution >= 4 is 17.9 Å². The minimum absolute atomic E-state index is 0.00734. The number of nitro groups is 1. The molecule has 3 aromatic rings. The summed E-state index contributed by atoms with van der Waals surface area (Å²) in [6.45, 7) is 0.541. The number of carbonyl (C=O) groups excluding carboxylic acids is 1. The zero-order valence-electron chi connectivity index (χ0n) is 17.2. The van der Waals surface area contributed by atoms with Crippen LogP contribution in [0, 0.1) is 15.9 Å². The Morgan fingerprint density at radius 3 is 2.38 bits per heavy atom. The van der Waals surface area contributed by atoms with E-state index in [1.54, 1.807) is 6.08 Å². The van der Waals surface area contributed by atoms with Crippen molar-refractivity contribution in [3.05, 3.63) is 105 Å². The Balaban J connectivity index is 1.29. The molecule has 0 spiro atoms. The average Bonchev–Trinajstić information content (AvgIpc) is 3.12. The molecule has 4 rings (SSSR count). The smallest absolute Gasteiger partial charge is 0.407 e. The van der Waals surface area contributed by atoms with Crippen LogP contribution in [0.3, 0.4) is 0 Å². The summed E-state index contributed by atoms with van der Waals surface area (Å²) in [6.07, 6.45) is 3.15. The van der Waals surface area contributed by atoms with Gasteiger partial charge in [0.25, 0.3) is 5.69 Å². The molecular weight excluding hydrogens is 411 g/mol. The first kappa shape index (κ1) is 21.2. The molecule has 0 radical (unpaired) electrons. The van der Waals surface area contributed by atoms with Crippen LogP contribution in [0.4, 0.5) is 14.9 Å². The van der Waals surface area contributed by atoms with E-state index in [9.17, 15) is 19.3 Å². The maximum Gasteiger partial charge on any atom is 0.407 e. The van der Waals surface area contributed by atoms with Crippen LogP contribution in [-0.2, 0) is 4.74 Å². The van der Waals surface area contributed by atoms with E-state index in [-0.39, 0.29) is 18.2 Å². The molecule has 162 valence electrons. The fourth-order valence-electron chi connectivity index (χ4n) is 3.93. The SMILES string of the molecule is O=C(NCCC=Cc1ccc(F)cc1[N+](=O)[O-])OCC1c2ccccc2-c2ccccc21. The fraction of sp³-hybridized carbons (Fsp3) is 0.160. The van der Waals surface area contributed by atoms with Crippen LogP contribution in [0.25, 0.3) is 17.2 Å². The van der Waals surface area contributed by atoms with Crippen molar-refractivity contribution in [1.82, 2.24) is 5.32 Å². The van der Waals surface area contributed by atoms with Crippen molar-refractivity contribution in [2.45, 2.75) is 12.3 Å². The number of rotatable bonds is 7. The minimum atomic E-state index is -0.661. The van der Waals surface area contributed by atoms with E-state index in [0.717, 1.165) is 28.3 Å². The normalized spacial score (nSPS) is 12.4. The van der Waals surface area contributed by atoms with Gasteiger partial charge in [0.2, 0.25) is 0 Å². The Kier molecular flexibility index (Phi) is 6.26. The Bertz CT molecular complexity index is 1150. The van der Waals surface area contributed by atoms with Gasteiger partial charge in [-0.15, -0.1) is 0 Å². The zero-order chi connectivity index (χ0) is 22.5. The molecule has 0 heterocycles. The van der Waals surface area contributed by atoms with E-state index in [4.69, 9.17) is 4.74 Å². The molecule has 0 aromatic heterocycles. The molecule has 32 heavy (non-hydrogen) atoms. The van der Waals surface area contributed by atoms with Gasteiger partial charge in [0.1, 0.15) is 12.4 Å². The molecule has 7 heteroatoms. The Labute approximate surface area is 184 Å². The lowest BCUT2D eigenvalue weighted by molar-refractivity contribution is -0.385. The highest BCUT2D eigenvalue weighted by atomic mass is 19.1. The minimum Gasteiger partial charge on any atom is -0.449 e. The molecule has 1 aliphatic carbocycles. The lowest BCUT2D eigenvalue weighted by atomic mass is 9.98. The summed E-state index contributed by atoms with van der Waals surface area (Å²) < 4.78 is 18.7. The van der Waals surface area contributed by atoms with Gasteiger partial charge >= 0.3 is 6.09 Å². The fourth-order valence-corrected chi connectivity index (χ4v) is 3.93. The number of benzene rings is 3. The summed E-state index contributed by atoms with van der Waals surface area (Å²) in [7, 11) is 0. The van der Waals surface area contributed by atoms with Crippen LogP contribution in [-0.4, -0.2) is 24.2 Å². The quantitative estimate of drug-likeness (QED) is 0.296. The predicted molar refractivity (Wildman–Crippen MR) is 120 cm³/mol. The first-order chi connectivity index (χ1) is 15.5. The van der Waals surface area contributed by atoms with E-state index < -0.39 is 16.8 Å². The monoisotopic (exact) mass is 432 g/mol. The number of amides is 1. The molecule has 0 unspecified atom stereocenters. The lowest BCUT2D eigenvalue weighted by Crippen LogP contribution is -2.26. The van der Waals surface area contributed by atoms with Crippen LogP contribution < -0.4 is 5.32 Å². The van der Waals surface area contributed by atoms with Gasteiger partial charge in [-0.25, -0.2) is 9.18 Å². The number of nitrogens with one attached hydrogen (secondary N) is 1. The molecule has 6 nitrogen and oxygen atoms in total. The van der Waals surface area contributed by atoms with Gasteiger partial charge < -0.3 is 10.1 Å². The average molecular weight is 432 g/mol. The molecule has 1 amide bonds. The van der Waals surface area contributed by atoms with Crippen molar-refractivity contribution < 1.29 is 18.8 Å². The summed E-state index contributed by atoms with van der Waals surface area (Å²) >= 11 is 0. The summed E-state index contributed by atoms with van der Waals surface area (Å²) in [5, 5.41) is 13.7. The second-order valence-corrected chi connectivity index (χ2v) is 7.40. The number of halogens is 1. The van der Waals surface area contributed by atoms with E-state index in [1.807, 2.05) is 24.3 Å². The van der Waals surface area contributed by atoms with Crippen LogP contribution >= 0.6 is 0 Å². The third-order valence-electron chi connectivity index (χ3n) is 5.41. The van der Waals surface area contributed by atoms with Gasteiger partial charge in [0.05, 0.1) is 16.6 Å². The molecular formula is C25H21FN2O4. The highest BCUT2D eigenvalue weighted by Gasteiger charge is 2.28. The first-order valence-electron chi connectivity index (χ1n) is 10.2.